The molecule has 0 saturated carbocycles. The average Bonchev–Trinajstić information content (AvgIpc) is 2.69. The molecule has 3 aromatic rings. The molecule has 0 aliphatic heterocycles. The molecule has 0 aliphatic carbocycles. The summed E-state index contributed by atoms with van der Waals surface area (Å²) in [5, 5.41) is 0. The molecule has 0 heterocycles. The summed E-state index contributed by atoms with van der Waals surface area (Å²) in [6.45, 7) is 1.08. The van der Waals surface area contributed by atoms with E-state index in [1.54, 1.807) is 12.0 Å². The van der Waals surface area contributed by atoms with Crippen molar-refractivity contribution in [3.63, 3.8) is 0 Å². The lowest BCUT2D eigenvalue weighted by Gasteiger charge is -2.18. The van der Waals surface area contributed by atoms with Gasteiger partial charge in [-0.25, -0.2) is 0 Å². The van der Waals surface area contributed by atoms with E-state index >= 15 is 0 Å². The average molecular weight is 345 g/mol. The van der Waals surface area contributed by atoms with Crippen LogP contribution in [0.15, 0.2) is 78.9 Å². The number of carbonyl (C=O) groups is 1. The molecule has 0 radical (unpaired) electrons. The molecule has 0 bridgehead atoms. The monoisotopic (exact) mass is 345 g/mol. The van der Waals surface area contributed by atoms with E-state index < -0.39 is 0 Å². The van der Waals surface area contributed by atoms with Gasteiger partial charge < -0.3 is 9.64 Å². The molecule has 0 atom stereocenters. The third kappa shape index (κ3) is 4.38. The Balaban J connectivity index is 1.68. The van der Waals surface area contributed by atoms with Gasteiger partial charge in [-0.05, 0) is 34.4 Å². The number of nitrogens with zero attached hydrogens (tertiary/aromatic N) is 1. The Morgan fingerprint density at radius 2 is 1.54 bits per heavy atom. The minimum atomic E-state index is 0.00934. The minimum Gasteiger partial charge on any atom is -0.380 e. The molecule has 0 aromatic heterocycles. The second kappa shape index (κ2) is 8.45. The molecule has 3 aromatic carbocycles. The number of rotatable bonds is 6. The van der Waals surface area contributed by atoms with Crippen LogP contribution in [-0.2, 0) is 17.9 Å². The standard InChI is InChI=1S/C23H23NO2/c1-24(23(25)22-10-6-7-19(15-22)17-26-2)16-18-11-13-21(14-12-18)20-8-4-3-5-9-20/h3-15H,16-17H2,1-2H3. The highest BCUT2D eigenvalue weighted by Crippen LogP contribution is 2.20. The minimum absolute atomic E-state index is 0.00934. The Hall–Kier alpha value is -2.91. The van der Waals surface area contributed by atoms with Crippen LogP contribution in [0.3, 0.4) is 0 Å². The van der Waals surface area contributed by atoms with E-state index in [0.29, 0.717) is 18.7 Å². The van der Waals surface area contributed by atoms with Gasteiger partial charge in [-0.2, -0.15) is 0 Å². The van der Waals surface area contributed by atoms with Gasteiger partial charge in [-0.3, -0.25) is 4.79 Å². The number of benzene rings is 3. The van der Waals surface area contributed by atoms with Crippen LogP contribution in [0.4, 0.5) is 0 Å². The summed E-state index contributed by atoms with van der Waals surface area (Å²) < 4.78 is 5.14. The molecule has 1 amide bonds. The van der Waals surface area contributed by atoms with Crippen LogP contribution in [-0.4, -0.2) is 25.0 Å². The molecular weight excluding hydrogens is 322 g/mol. The summed E-state index contributed by atoms with van der Waals surface area (Å²) in [5.74, 6) is 0.00934. The molecule has 3 rings (SSSR count). The van der Waals surface area contributed by atoms with E-state index in [1.807, 2.05) is 49.5 Å². The van der Waals surface area contributed by atoms with Crippen molar-refractivity contribution in [2.24, 2.45) is 0 Å². The van der Waals surface area contributed by atoms with Gasteiger partial charge in [0.05, 0.1) is 6.61 Å². The fourth-order valence-electron chi connectivity index (χ4n) is 2.96. The van der Waals surface area contributed by atoms with Gasteiger partial charge in [0.15, 0.2) is 0 Å². The van der Waals surface area contributed by atoms with E-state index in [0.717, 1.165) is 11.1 Å². The molecule has 0 saturated heterocycles. The normalized spacial score (nSPS) is 10.5. The topological polar surface area (TPSA) is 29.5 Å². The quantitative estimate of drug-likeness (QED) is 0.644. The zero-order valence-electron chi connectivity index (χ0n) is 15.2. The Morgan fingerprint density at radius 1 is 0.846 bits per heavy atom. The van der Waals surface area contributed by atoms with E-state index in [9.17, 15) is 4.79 Å². The first-order valence-electron chi connectivity index (χ1n) is 8.65. The fraction of sp³-hybridized carbons (Fsp3) is 0.174. The Labute approximate surface area is 154 Å². The second-order valence-electron chi connectivity index (χ2n) is 6.36. The van der Waals surface area contributed by atoms with Crippen LogP contribution in [0.2, 0.25) is 0 Å². The zero-order chi connectivity index (χ0) is 18.4. The molecule has 26 heavy (non-hydrogen) atoms. The first-order valence-corrected chi connectivity index (χ1v) is 8.65. The molecule has 0 N–H and O–H groups in total. The van der Waals surface area contributed by atoms with Gasteiger partial charge in [-0.15, -0.1) is 0 Å². The van der Waals surface area contributed by atoms with Crippen LogP contribution in [0.25, 0.3) is 11.1 Å². The Kier molecular flexibility index (Phi) is 5.82. The predicted octanol–water partition coefficient (Wildman–Crippen LogP) is 4.77. The second-order valence-corrected chi connectivity index (χ2v) is 6.36. The van der Waals surface area contributed by atoms with Crippen molar-refractivity contribution in [3.8, 4) is 11.1 Å². The molecule has 3 heteroatoms. The summed E-state index contributed by atoms with van der Waals surface area (Å²) in [7, 11) is 3.48. The van der Waals surface area contributed by atoms with Crippen LogP contribution in [0.5, 0.6) is 0 Å². The van der Waals surface area contributed by atoms with Crippen molar-refractivity contribution in [1.29, 1.82) is 0 Å². The highest BCUT2D eigenvalue weighted by atomic mass is 16.5. The largest absolute Gasteiger partial charge is 0.380 e. The van der Waals surface area contributed by atoms with Crippen molar-refractivity contribution in [1.82, 2.24) is 4.90 Å². The highest BCUT2D eigenvalue weighted by molar-refractivity contribution is 5.94. The summed E-state index contributed by atoms with van der Waals surface area (Å²) >= 11 is 0. The Bertz CT molecular complexity index is 857. The lowest BCUT2D eigenvalue weighted by atomic mass is 10.0. The first-order chi connectivity index (χ1) is 12.7. The molecular formula is C23H23NO2. The van der Waals surface area contributed by atoms with Gasteiger partial charge in [-0.1, -0.05) is 66.7 Å². The van der Waals surface area contributed by atoms with Crippen molar-refractivity contribution in [2.75, 3.05) is 14.2 Å². The van der Waals surface area contributed by atoms with Gasteiger partial charge >= 0.3 is 0 Å². The van der Waals surface area contributed by atoms with Gasteiger partial charge in [0.1, 0.15) is 0 Å². The molecule has 0 spiro atoms. The van der Waals surface area contributed by atoms with Crippen LogP contribution < -0.4 is 0 Å². The molecule has 132 valence electrons. The maximum atomic E-state index is 12.7. The van der Waals surface area contributed by atoms with Crippen molar-refractivity contribution >= 4 is 5.91 Å². The number of hydrogen-bond acceptors (Lipinski definition) is 2. The maximum Gasteiger partial charge on any atom is 0.253 e. The first kappa shape index (κ1) is 17.9. The van der Waals surface area contributed by atoms with E-state index in [2.05, 4.69) is 36.4 Å². The maximum absolute atomic E-state index is 12.7. The van der Waals surface area contributed by atoms with Gasteiger partial charge in [0.2, 0.25) is 0 Å². The SMILES string of the molecule is COCc1cccc(C(=O)N(C)Cc2ccc(-c3ccccc3)cc2)c1. The predicted molar refractivity (Wildman–Crippen MR) is 105 cm³/mol. The van der Waals surface area contributed by atoms with E-state index in [-0.39, 0.29) is 5.91 Å². The van der Waals surface area contributed by atoms with Crippen LogP contribution >= 0.6 is 0 Å². The lowest BCUT2D eigenvalue weighted by molar-refractivity contribution is 0.0784. The summed E-state index contributed by atoms with van der Waals surface area (Å²) in [5.41, 5.74) is 5.16. The summed E-state index contributed by atoms with van der Waals surface area (Å²) in [4.78, 5) is 14.4. The van der Waals surface area contributed by atoms with E-state index in [1.165, 1.54) is 11.1 Å². The summed E-state index contributed by atoms with van der Waals surface area (Å²) in [6, 6.07) is 26.2. The van der Waals surface area contributed by atoms with Crippen LogP contribution in [0, 0.1) is 0 Å². The van der Waals surface area contributed by atoms with E-state index in [4.69, 9.17) is 4.74 Å². The molecule has 0 fully saturated rings. The lowest BCUT2D eigenvalue weighted by Crippen LogP contribution is -2.26. The number of methoxy groups -OCH3 is 1. The number of ether oxygens (including phenoxy) is 1. The van der Waals surface area contributed by atoms with Crippen molar-refractivity contribution < 1.29 is 9.53 Å². The van der Waals surface area contributed by atoms with Gasteiger partial charge in [0.25, 0.3) is 5.91 Å². The van der Waals surface area contributed by atoms with Crippen molar-refractivity contribution in [2.45, 2.75) is 13.2 Å². The van der Waals surface area contributed by atoms with Crippen LogP contribution in [0.1, 0.15) is 21.5 Å². The number of carbonyl (C=O) groups excluding carboxylic acids is 1. The molecule has 0 aliphatic rings. The number of hydrogen-bond donors (Lipinski definition) is 0. The third-order valence-corrected chi connectivity index (χ3v) is 4.31. The van der Waals surface area contributed by atoms with Gasteiger partial charge in [0, 0.05) is 26.3 Å². The zero-order valence-corrected chi connectivity index (χ0v) is 15.2. The number of amides is 1. The highest BCUT2D eigenvalue weighted by Gasteiger charge is 2.12. The molecule has 3 nitrogen and oxygen atoms in total. The van der Waals surface area contributed by atoms with Crippen molar-refractivity contribution in [3.05, 3.63) is 95.6 Å². The Morgan fingerprint density at radius 3 is 2.23 bits per heavy atom. The smallest absolute Gasteiger partial charge is 0.253 e. The molecule has 0 unspecified atom stereocenters. The fourth-order valence-corrected chi connectivity index (χ4v) is 2.96. The summed E-state index contributed by atoms with van der Waals surface area (Å²) in [6.07, 6.45) is 0. The third-order valence-electron chi connectivity index (χ3n) is 4.31.